The second kappa shape index (κ2) is 69.4. The van der Waals surface area contributed by atoms with E-state index in [2.05, 4.69) is 40.7 Å². The summed E-state index contributed by atoms with van der Waals surface area (Å²) in [6.45, 7) is 22.3. The molecule has 1 saturated heterocycles. The van der Waals surface area contributed by atoms with Crippen molar-refractivity contribution in [3.8, 4) is 0 Å². The Bertz CT molecular complexity index is 2920. The van der Waals surface area contributed by atoms with E-state index in [1.54, 1.807) is 0 Å². The quantitative estimate of drug-likeness (QED) is 0.0289. The van der Waals surface area contributed by atoms with Crippen molar-refractivity contribution in [3.63, 3.8) is 0 Å². The lowest BCUT2D eigenvalue weighted by Gasteiger charge is -2.36. The molecule has 0 saturated carbocycles. The van der Waals surface area contributed by atoms with Crippen LogP contribution in [0, 0.1) is 0 Å². The number of aldehydes is 2. The standard InChI is InChI=1S/C17H30O12P2.C9H15O6P.2C8H15O6P.5C3H9O4P.H2O/c1-11(2)29-31(25,26)27-10-12-13(9-17(24)28-12)30(6-3-14(18)19,7-4-15(20)21)8-5-16(22)23;10-7(11)1-4-16(5-2-8(12)13)6-3-9(14)15;2*1-7(2)14-15(11,12)13-6-8(10)4-3-5-9;5*1-3(2)7-8(4,5)6;/h11-13,17,24H,3-10H2,1-2H3,(H3-,18,19,20,21,22,23,25,26);1-6H2,(H,10,11)(H,12,13)(H,14,15);2*3-5,7-8,10H,6H2,1-2H3,(H,11,12);5*3H,1-2H3,(H2,4,5,6);1H2/p-19/b;;2*4-3-;;;;;;. The lowest BCUT2D eigenvalue weighted by molar-refractivity contribution is -0.346. The first-order valence-corrected chi connectivity index (χ1v) is 49.6. The van der Waals surface area contributed by atoms with E-state index in [1.165, 1.54) is 111 Å². The molecular formula is C57H103O51P10-19. The summed E-state index contributed by atoms with van der Waals surface area (Å²) in [6.07, 6.45) is -5.31. The number of carboxylic acid groups (broad SMARTS) is 6. The average Bonchev–Trinajstić information content (AvgIpc) is 1.60. The number of phosphoric ester groups is 8. The number of carboxylic acids is 6. The third kappa shape index (κ3) is 109. The van der Waals surface area contributed by atoms with Gasteiger partial charge < -0.3 is 221 Å². The molecule has 0 aromatic heterocycles. The van der Waals surface area contributed by atoms with E-state index in [1.807, 2.05) is 0 Å². The molecule has 1 heterocycles. The number of aliphatic hydroxyl groups is 3. The summed E-state index contributed by atoms with van der Waals surface area (Å²) < 4.78 is 134. The maximum Gasteiger partial charge on any atom is 0.268 e. The van der Waals surface area contributed by atoms with Gasteiger partial charge in [-0.05, 0) is 161 Å². The number of aliphatic carboxylic acids is 6. The fraction of sp³-hybridized carbons (Fsp3) is 0.789. The van der Waals surface area contributed by atoms with Crippen molar-refractivity contribution >= 4 is 126 Å². The van der Waals surface area contributed by atoms with Gasteiger partial charge in [-0.1, -0.05) is 12.2 Å². The molecule has 1 aliphatic heterocycles. The summed E-state index contributed by atoms with van der Waals surface area (Å²) in [6, 6.07) is 0. The number of aliphatic hydroxyl groups excluding tert-OH is 3. The molecule has 1 fully saturated rings. The second-order valence-electron chi connectivity index (χ2n) is 24.8. The van der Waals surface area contributed by atoms with Crippen molar-refractivity contribution in [2.24, 2.45) is 0 Å². The molecule has 1 rings (SSSR count). The number of hydrogen-bond acceptors (Lipinski definition) is 51. The zero-order chi connectivity index (χ0) is 94.1. The zero-order valence-corrected chi connectivity index (χ0v) is 75.7. The number of allylic oxidation sites excluding steroid dienone is 2. The third-order valence-electron chi connectivity index (χ3n) is 10.8. The van der Waals surface area contributed by atoms with Crippen LogP contribution in [0.4, 0.5) is 0 Å². The molecule has 61 heteroatoms. The Morgan fingerprint density at radius 1 is 0.390 bits per heavy atom. The van der Waals surface area contributed by atoms with Gasteiger partial charge in [0.05, 0.1) is 138 Å². The number of phosphoric acid groups is 8. The summed E-state index contributed by atoms with van der Waals surface area (Å²) in [7, 11) is -40.7. The lowest BCUT2D eigenvalue weighted by atomic mass is 10.2. The van der Waals surface area contributed by atoms with Crippen LogP contribution in [0.25, 0.3) is 0 Å². The number of hydrogen-bond donors (Lipinski definition) is 3. The van der Waals surface area contributed by atoms with E-state index >= 15 is 0 Å². The van der Waals surface area contributed by atoms with Crippen LogP contribution in [0.15, 0.2) is 24.3 Å². The topological polar surface area (TPSA) is 913 Å². The van der Waals surface area contributed by atoms with Crippen LogP contribution < -0.4 is 94.3 Å². The highest BCUT2D eigenvalue weighted by atomic mass is 31.2. The van der Waals surface area contributed by atoms with E-state index < -0.39 is 232 Å². The lowest BCUT2D eigenvalue weighted by Crippen LogP contribution is -2.37. The van der Waals surface area contributed by atoms with Crippen LogP contribution in [0.3, 0.4) is 0 Å². The molecule has 0 aliphatic carbocycles. The van der Waals surface area contributed by atoms with Gasteiger partial charge >= 0.3 is 0 Å². The summed E-state index contributed by atoms with van der Waals surface area (Å²) in [5, 5.41) is 92.1. The first kappa shape index (κ1) is 133. The largest absolute Gasteiger partial charge is 0.870 e. The monoisotopic (exact) mass is 1910 g/mol. The first-order valence-electron chi connectivity index (χ1n) is 33.6. The Hall–Kier alpha value is -2.82. The van der Waals surface area contributed by atoms with Crippen molar-refractivity contribution < 1.29 is 244 Å². The highest BCUT2D eigenvalue weighted by Gasteiger charge is 2.54. The predicted molar refractivity (Wildman–Crippen MR) is 373 cm³/mol. The minimum Gasteiger partial charge on any atom is -0.870 e. The molecule has 0 aromatic carbocycles. The van der Waals surface area contributed by atoms with Crippen molar-refractivity contribution in [2.45, 2.75) is 235 Å². The van der Waals surface area contributed by atoms with Gasteiger partial charge in [0.2, 0.25) is 0 Å². The minimum absolute atomic E-state index is 0. The van der Waals surface area contributed by atoms with Crippen molar-refractivity contribution in [1.82, 2.24) is 0 Å². The number of rotatable bonds is 48. The SMILES string of the molecule is CC(C)OP(=O)([O-])OCC(O)/C=C\C=O.CC(C)OP(=O)([O-])OCC(O)/C=C\C=O.CC(C)OP(=O)([O-])OCC1OC(O)CC1[P+](CCC(=O)[O-])(CCC(=O)[O-])CCC(=O)[O-].CC(C)OP(=O)([O-])[O-].CC(C)OP(=O)([O-])[O-].CC(C)OP(=O)([O-])[O-].CC(C)OP(=O)([O-])[O-].CC(C)OP(=O)([O-])[O-].O=C([O-])CCP(CCC(=O)[O-])CCC(=O)[O-].[OH-]. The van der Waals surface area contributed by atoms with Crippen LogP contribution in [0.1, 0.15) is 156 Å². The minimum atomic E-state index is -4.72. The van der Waals surface area contributed by atoms with E-state index in [0.29, 0.717) is 12.6 Å². The average molecular weight is 1910 g/mol. The predicted octanol–water partition coefficient (Wildman–Crippen LogP) is -10.3. The number of carbonyl (C=O) groups excluding carboxylic acids is 8. The molecule has 4 N–H and O–H groups in total. The van der Waals surface area contributed by atoms with Gasteiger partial charge in [0.1, 0.15) is 24.3 Å². The molecule has 0 bridgehead atoms. The highest BCUT2D eigenvalue weighted by molar-refractivity contribution is 7.76. The molecular weight excluding hydrogens is 1810 g/mol. The van der Waals surface area contributed by atoms with E-state index in [4.69, 9.17) is 24.0 Å². The van der Waals surface area contributed by atoms with Gasteiger partial charge in [-0.25, -0.2) is 0 Å². The Morgan fingerprint density at radius 2 is 0.602 bits per heavy atom. The van der Waals surface area contributed by atoms with Gasteiger partial charge in [0.15, 0.2) is 6.29 Å². The highest BCUT2D eigenvalue weighted by Crippen LogP contribution is 2.68. The van der Waals surface area contributed by atoms with Crippen LogP contribution >= 0.6 is 77.8 Å². The number of ether oxygens (including phenoxy) is 1. The molecule has 51 nitrogen and oxygen atoms in total. The molecule has 1 aliphatic rings. The van der Waals surface area contributed by atoms with Crippen LogP contribution in [0.2, 0.25) is 0 Å². The summed E-state index contributed by atoms with van der Waals surface area (Å²) in [4.78, 5) is 215. The summed E-state index contributed by atoms with van der Waals surface area (Å²) in [5.41, 5.74) is -0.709. The van der Waals surface area contributed by atoms with Crippen LogP contribution in [-0.2, 0) is 129 Å². The van der Waals surface area contributed by atoms with E-state index in [9.17, 15) is 174 Å². The fourth-order valence-corrected chi connectivity index (χ4v) is 19.9. The van der Waals surface area contributed by atoms with Gasteiger partial charge in [0, 0.05) is 68.8 Å². The van der Waals surface area contributed by atoms with Gasteiger partial charge in [0.25, 0.3) is 23.5 Å². The Balaban J connectivity index is -0.000000170. The normalized spacial score (nSPS) is 16.4. The molecule has 0 aromatic rings. The molecule has 8 atom stereocenters. The molecule has 0 radical (unpaired) electrons. The van der Waals surface area contributed by atoms with Gasteiger partial charge in [-0.3, -0.25) is 23.3 Å². The Kier molecular flexibility index (Phi) is 78.3. The third-order valence-corrected chi connectivity index (χ3v) is 25.5. The van der Waals surface area contributed by atoms with Crippen LogP contribution in [-0.4, -0.2) is 205 Å². The molecule has 118 heavy (non-hydrogen) atoms. The molecule has 8 unspecified atom stereocenters. The fourth-order valence-electron chi connectivity index (χ4n) is 7.41. The summed E-state index contributed by atoms with van der Waals surface area (Å²) >= 11 is 0. The van der Waals surface area contributed by atoms with Crippen LogP contribution in [0.5, 0.6) is 0 Å². The van der Waals surface area contributed by atoms with Gasteiger partial charge in [-0.15, -0.1) is 7.92 Å². The van der Waals surface area contributed by atoms with Crippen molar-refractivity contribution in [1.29, 1.82) is 0 Å². The maximum absolute atomic E-state index is 11.9. The molecule has 0 spiro atoms. The van der Waals surface area contributed by atoms with Crippen molar-refractivity contribution in [3.05, 3.63) is 24.3 Å². The zero-order valence-electron chi connectivity index (χ0n) is 66.7. The molecule has 706 valence electrons. The second-order valence-corrected chi connectivity index (χ2v) is 41.5. The summed E-state index contributed by atoms with van der Waals surface area (Å²) in [5.74, 6) is -7.87. The Labute approximate surface area is 683 Å². The molecule has 0 amide bonds. The number of carbonyl (C=O) groups is 8. The van der Waals surface area contributed by atoms with Crippen molar-refractivity contribution in [2.75, 3.05) is 56.8 Å². The first-order chi connectivity index (χ1) is 52.5. The Morgan fingerprint density at radius 3 is 0.780 bits per heavy atom. The van der Waals surface area contributed by atoms with E-state index in [-0.39, 0.29) is 68.1 Å². The van der Waals surface area contributed by atoms with E-state index in [0.717, 1.165) is 24.3 Å². The van der Waals surface area contributed by atoms with Gasteiger partial charge in [-0.2, -0.15) is 0 Å². The smallest absolute Gasteiger partial charge is 0.268 e. The maximum atomic E-state index is 11.9.